The van der Waals surface area contributed by atoms with Crippen LogP contribution < -0.4 is 15.4 Å². The van der Waals surface area contributed by atoms with Crippen molar-refractivity contribution in [2.75, 3.05) is 39.8 Å². The van der Waals surface area contributed by atoms with Crippen molar-refractivity contribution in [2.24, 2.45) is 4.99 Å². The number of aliphatic imine (C=N–C) groups is 1. The Morgan fingerprint density at radius 1 is 1.21 bits per heavy atom. The van der Waals surface area contributed by atoms with Crippen LogP contribution in [-0.2, 0) is 0 Å². The van der Waals surface area contributed by atoms with Gasteiger partial charge in [-0.15, -0.1) is 0 Å². The summed E-state index contributed by atoms with van der Waals surface area (Å²) in [5.41, 5.74) is 1.23. The molecule has 1 fully saturated rings. The molecule has 1 aromatic carbocycles. The summed E-state index contributed by atoms with van der Waals surface area (Å²) in [5, 5.41) is 6.72. The minimum absolute atomic E-state index is 0.265. The second-order valence-electron chi connectivity index (χ2n) is 6.15. The lowest BCUT2D eigenvalue weighted by molar-refractivity contribution is 0.245. The molecule has 0 bridgehead atoms. The van der Waals surface area contributed by atoms with E-state index in [9.17, 15) is 0 Å². The molecule has 0 saturated carbocycles. The molecule has 1 heterocycles. The first-order valence-corrected chi connectivity index (χ1v) is 9.19. The maximum atomic E-state index is 5.60. The van der Waals surface area contributed by atoms with E-state index in [-0.39, 0.29) is 6.04 Å². The van der Waals surface area contributed by atoms with Crippen molar-refractivity contribution >= 4 is 5.96 Å². The number of methoxy groups -OCH3 is 1. The van der Waals surface area contributed by atoms with Crippen LogP contribution in [0.25, 0.3) is 0 Å². The summed E-state index contributed by atoms with van der Waals surface area (Å²) < 4.78 is 5.60. The third kappa shape index (κ3) is 5.13. The predicted octanol–water partition coefficient (Wildman–Crippen LogP) is 2.80. The maximum absolute atomic E-state index is 5.60. The molecule has 5 nitrogen and oxygen atoms in total. The molecule has 0 aromatic heterocycles. The maximum Gasteiger partial charge on any atom is 0.191 e. The van der Waals surface area contributed by atoms with Crippen LogP contribution in [0.1, 0.15) is 44.7 Å². The molecule has 0 spiro atoms. The summed E-state index contributed by atoms with van der Waals surface area (Å²) >= 11 is 0. The van der Waals surface area contributed by atoms with Crippen molar-refractivity contribution in [2.45, 2.75) is 39.2 Å². The van der Waals surface area contributed by atoms with Crippen LogP contribution in [-0.4, -0.2) is 50.7 Å². The standard InChI is InChI=1S/C19H32N4O/c1-4-12-21-19(20-5-2)22-15-17(23-13-8-9-14-23)16-10-6-7-11-18(16)24-3/h6-7,10-11,17H,4-5,8-9,12-15H2,1-3H3,(H2,20,21,22). The number of guanidine groups is 1. The van der Waals surface area contributed by atoms with Crippen molar-refractivity contribution < 1.29 is 4.74 Å². The summed E-state index contributed by atoms with van der Waals surface area (Å²) in [6.45, 7) is 9.08. The van der Waals surface area contributed by atoms with E-state index >= 15 is 0 Å². The minimum atomic E-state index is 0.265. The minimum Gasteiger partial charge on any atom is -0.496 e. The van der Waals surface area contributed by atoms with E-state index in [4.69, 9.17) is 9.73 Å². The van der Waals surface area contributed by atoms with Gasteiger partial charge in [0.2, 0.25) is 0 Å². The number of para-hydroxylation sites is 1. The second kappa shape index (κ2) is 10.2. The molecule has 134 valence electrons. The predicted molar refractivity (Wildman–Crippen MR) is 101 cm³/mol. The molecule has 5 heteroatoms. The fourth-order valence-electron chi connectivity index (χ4n) is 3.17. The molecular formula is C19H32N4O. The molecule has 1 atom stereocenters. The number of hydrogen-bond donors (Lipinski definition) is 2. The number of hydrogen-bond acceptors (Lipinski definition) is 3. The molecule has 2 rings (SSSR count). The van der Waals surface area contributed by atoms with Gasteiger partial charge in [-0.3, -0.25) is 9.89 Å². The SMILES string of the molecule is CCCNC(=NCC(c1ccccc1OC)N1CCCC1)NCC. The quantitative estimate of drug-likeness (QED) is 0.568. The lowest BCUT2D eigenvalue weighted by Crippen LogP contribution is -2.38. The van der Waals surface area contributed by atoms with Crippen LogP contribution in [0.5, 0.6) is 5.75 Å². The normalized spacial score (nSPS) is 16.9. The van der Waals surface area contributed by atoms with Gasteiger partial charge in [0.25, 0.3) is 0 Å². The lowest BCUT2D eigenvalue weighted by atomic mass is 10.0. The lowest BCUT2D eigenvalue weighted by Gasteiger charge is -2.28. The zero-order chi connectivity index (χ0) is 17.2. The van der Waals surface area contributed by atoms with E-state index in [1.807, 2.05) is 12.1 Å². The Bertz CT molecular complexity index is 512. The molecule has 1 saturated heterocycles. The van der Waals surface area contributed by atoms with Crippen LogP contribution >= 0.6 is 0 Å². The van der Waals surface area contributed by atoms with Gasteiger partial charge in [-0.2, -0.15) is 0 Å². The summed E-state index contributed by atoms with van der Waals surface area (Å²) in [6, 6.07) is 8.60. The van der Waals surface area contributed by atoms with Gasteiger partial charge in [0.15, 0.2) is 5.96 Å². The average Bonchev–Trinajstić information content (AvgIpc) is 3.14. The first-order valence-electron chi connectivity index (χ1n) is 9.19. The van der Waals surface area contributed by atoms with Crippen LogP contribution in [0.2, 0.25) is 0 Å². The summed E-state index contributed by atoms with van der Waals surface area (Å²) in [5.74, 6) is 1.86. The zero-order valence-electron chi connectivity index (χ0n) is 15.3. The van der Waals surface area contributed by atoms with Crippen LogP contribution in [0.4, 0.5) is 0 Å². The molecule has 0 amide bonds. The van der Waals surface area contributed by atoms with Gasteiger partial charge in [-0.1, -0.05) is 25.1 Å². The Morgan fingerprint density at radius 3 is 2.62 bits per heavy atom. The topological polar surface area (TPSA) is 48.9 Å². The highest BCUT2D eigenvalue weighted by atomic mass is 16.5. The fourth-order valence-corrected chi connectivity index (χ4v) is 3.17. The van der Waals surface area contributed by atoms with E-state index in [0.717, 1.165) is 50.9 Å². The molecule has 24 heavy (non-hydrogen) atoms. The smallest absolute Gasteiger partial charge is 0.191 e. The number of nitrogens with zero attached hydrogens (tertiary/aromatic N) is 2. The van der Waals surface area contributed by atoms with Gasteiger partial charge in [-0.25, -0.2) is 0 Å². The Hall–Kier alpha value is -1.75. The van der Waals surface area contributed by atoms with E-state index in [1.54, 1.807) is 7.11 Å². The molecule has 0 aliphatic carbocycles. The van der Waals surface area contributed by atoms with Crippen molar-refractivity contribution in [3.63, 3.8) is 0 Å². The monoisotopic (exact) mass is 332 g/mol. The van der Waals surface area contributed by atoms with Gasteiger partial charge in [0, 0.05) is 18.7 Å². The van der Waals surface area contributed by atoms with Gasteiger partial charge >= 0.3 is 0 Å². The third-order valence-electron chi connectivity index (χ3n) is 4.39. The van der Waals surface area contributed by atoms with Gasteiger partial charge in [0.1, 0.15) is 5.75 Å². The molecule has 1 unspecified atom stereocenters. The zero-order valence-corrected chi connectivity index (χ0v) is 15.3. The molecule has 1 aliphatic rings. The van der Waals surface area contributed by atoms with Crippen molar-refractivity contribution in [1.82, 2.24) is 15.5 Å². The van der Waals surface area contributed by atoms with E-state index in [0.29, 0.717) is 0 Å². The summed E-state index contributed by atoms with van der Waals surface area (Å²) in [6.07, 6.45) is 3.62. The van der Waals surface area contributed by atoms with Crippen LogP contribution in [0.15, 0.2) is 29.3 Å². The van der Waals surface area contributed by atoms with Gasteiger partial charge in [0.05, 0.1) is 19.7 Å². The molecule has 1 aromatic rings. The number of benzene rings is 1. The first-order chi connectivity index (χ1) is 11.8. The highest BCUT2D eigenvalue weighted by molar-refractivity contribution is 5.79. The van der Waals surface area contributed by atoms with Gasteiger partial charge < -0.3 is 15.4 Å². The van der Waals surface area contributed by atoms with Crippen molar-refractivity contribution in [1.29, 1.82) is 0 Å². The van der Waals surface area contributed by atoms with Crippen LogP contribution in [0.3, 0.4) is 0 Å². The highest BCUT2D eigenvalue weighted by Crippen LogP contribution is 2.31. The number of nitrogens with one attached hydrogen (secondary N) is 2. The first kappa shape index (κ1) is 18.6. The highest BCUT2D eigenvalue weighted by Gasteiger charge is 2.25. The largest absolute Gasteiger partial charge is 0.496 e. The van der Waals surface area contributed by atoms with Crippen molar-refractivity contribution in [3.05, 3.63) is 29.8 Å². The second-order valence-corrected chi connectivity index (χ2v) is 6.15. The fraction of sp³-hybridized carbons (Fsp3) is 0.632. The van der Waals surface area contributed by atoms with E-state index in [1.165, 1.54) is 18.4 Å². The third-order valence-corrected chi connectivity index (χ3v) is 4.39. The molecular weight excluding hydrogens is 300 g/mol. The Kier molecular flexibility index (Phi) is 7.89. The number of likely N-dealkylation sites (tertiary alicyclic amines) is 1. The number of rotatable bonds is 8. The van der Waals surface area contributed by atoms with E-state index < -0.39 is 0 Å². The summed E-state index contributed by atoms with van der Waals surface area (Å²) in [7, 11) is 1.75. The number of ether oxygens (including phenoxy) is 1. The van der Waals surface area contributed by atoms with Gasteiger partial charge in [-0.05, 0) is 45.3 Å². The Balaban J connectivity index is 2.19. The van der Waals surface area contributed by atoms with E-state index in [2.05, 4.69) is 41.5 Å². The molecule has 2 N–H and O–H groups in total. The van der Waals surface area contributed by atoms with Crippen molar-refractivity contribution in [3.8, 4) is 5.75 Å². The Morgan fingerprint density at radius 2 is 1.96 bits per heavy atom. The van der Waals surface area contributed by atoms with Crippen LogP contribution in [0, 0.1) is 0 Å². The molecule has 0 radical (unpaired) electrons. The molecule has 1 aliphatic heterocycles. The summed E-state index contributed by atoms with van der Waals surface area (Å²) in [4.78, 5) is 7.38. The average molecular weight is 332 g/mol. The Labute approximate surface area is 146 Å².